The van der Waals surface area contributed by atoms with Crippen LogP contribution in [0.1, 0.15) is 17.0 Å². The summed E-state index contributed by atoms with van der Waals surface area (Å²) in [6, 6.07) is 1.95. The van der Waals surface area contributed by atoms with E-state index in [0.29, 0.717) is 6.07 Å². The molecular weight excluding hydrogens is 473 g/mol. The highest BCUT2D eigenvalue weighted by Crippen LogP contribution is 2.38. The molecule has 2 heterocycles. The number of non-ortho nitro benzene ring substituents is 1. The van der Waals surface area contributed by atoms with Crippen LogP contribution in [0.2, 0.25) is 0 Å². The number of alkyl halides is 3. The lowest BCUT2D eigenvalue weighted by Crippen LogP contribution is -2.51. The zero-order valence-electron chi connectivity index (χ0n) is 17.5. The zero-order valence-corrected chi connectivity index (χ0v) is 18.3. The fourth-order valence-electron chi connectivity index (χ4n) is 3.36. The maximum absolute atomic E-state index is 13.2. The summed E-state index contributed by atoms with van der Waals surface area (Å²) in [4.78, 5) is 23.4. The number of amides is 1. The molecule has 1 amide bonds. The number of piperazine rings is 1. The summed E-state index contributed by atoms with van der Waals surface area (Å²) >= 11 is 0. The number of carbonyl (C=O) groups is 1. The highest BCUT2D eigenvalue weighted by Gasteiger charge is 2.37. The number of halogens is 3. The SMILES string of the molecule is Cc1noc(C)c1S(=O)(=O)N1CCN(C(=O)COc2ccc([N+](=O)[O-])cc2C(F)(F)F)CC1. The fourth-order valence-corrected chi connectivity index (χ4v) is 5.07. The topological polar surface area (TPSA) is 136 Å². The van der Waals surface area contributed by atoms with Gasteiger partial charge in [0, 0.05) is 38.3 Å². The van der Waals surface area contributed by atoms with Crippen molar-refractivity contribution in [2.75, 3.05) is 32.8 Å². The second kappa shape index (κ2) is 8.97. The summed E-state index contributed by atoms with van der Waals surface area (Å²) < 4.78 is 76.4. The van der Waals surface area contributed by atoms with Crippen molar-refractivity contribution in [3.8, 4) is 5.75 Å². The van der Waals surface area contributed by atoms with E-state index in [-0.39, 0.29) is 42.5 Å². The van der Waals surface area contributed by atoms with E-state index < -0.39 is 50.6 Å². The van der Waals surface area contributed by atoms with Crippen molar-refractivity contribution in [1.82, 2.24) is 14.4 Å². The van der Waals surface area contributed by atoms with Gasteiger partial charge in [0.15, 0.2) is 12.4 Å². The van der Waals surface area contributed by atoms with Crippen molar-refractivity contribution in [2.45, 2.75) is 24.9 Å². The molecule has 0 spiro atoms. The maximum atomic E-state index is 13.2. The van der Waals surface area contributed by atoms with Gasteiger partial charge in [-0.2, -0.15) is 17.5 Å². The lowest BCUT2D eigenvalue weighted by atomic mass is 10.1. The smallest absolute Gasteiger partial charge is 0.420 e. The minimum Gasteiger partial charge on any atom is -0.483 e. The molecule has 15 heteroatoms. The average molecular weight is 492 g/mol. The van der Waals surface area contributed by atoms with E-state index in [2.05, 4.69) is 5.16 Å². The van der Waals surface area contributed by atoms with Gasteiger partial charge in [-0.3, -0.25) is 14.9 Å². The molecule has 1 aliphatic heterocycles. The number of nitrogens with zero attached hydrogens (tertiary/aromatic N) is 4. The van der Waals surface area contributed by atoms with Gasteiger partial charge in [0.2, 0.25) is 10.0 Å². The largest absolute Gasteiger partial charge is 0.483 e. The van der Waals surface area contributed by atoms with Crippen molar-refractivity contribution >= 4 is 21.6 Å². The van der Waals surface area contributed by atoms with E-state index >= 15 is 0 Å². The summed E-state index contributed by atoms with van der Waals surface area (Å²) in [5, 5.41) is 14.4. The van der Waals surface area contributed by atoms with E-state index in [1.54, 1.807) is 0 Å². The monoisotopic (exact) mass is 492 g/mol. The van der Waals surface area contributed by atoms with E-state index in [0.717, 1.165) is 12.1 Å². The van der Waals surface area contributed by atoms with Gasteiger partial charge in [0.25, 0.3) is 11.6 Å². The molecule has 0 atom stereocenters. The first-order valence-corrected chi connectivity index (χ1v) is 11.0. The highest BCUT2D eigenvalue weighted by atomic mass is 32.2. The van der Waals surface area contributed by atoms with Crippen LogP contribution >= 0.6 is 0 Å². The van der Waals surface area contributed by atoms with Gasteiger partial charge in [-0.25, -0.2) is 8.42 Å². The van der Waals surface area contributed by atoms with Crippen LogP contribution < -0.4 is 4.74 Å². The maximum Gasteiger partial charge on any atom is 0.420 e. The summed E-state index contributed by atoms with van der Waals surface area (Å²) in [5.41, 5.74) is -1.93. The van der Waals surface area contributed by atoms with Crippen LogP contribution in [0.4, 0.5) is 18.9 Å². The van der Waals surface area contributed by atoms with Crippen LogP contribution in [-0.2, 0) is 21.0 Å². The van der Waals surface area contributed by atoms with E-state index in [1.165, 1.54) is 23.1 Å². The Morgan fingerprint density at radius 2 is 1.88 bits per heavy atom. The van der Waals surface area contributed by atoms with Crippen molar-refractivity contribution < 1.29 is 40.6 Å². The molecule has 0 aliphatic carbocycles. The first kappa shape index (κ1) is 24.4. The summed E-state index contributed by atoms with van der Waals surface area (Å²) in [6.07, 6.45) is -4.93. The van der Waals surface area contributed by atoms with Crippen LogP contribution in [0.15, 0.2) is 27.6 Å². The molecule has 1 aromatic heterocycles. The predicted octanol–water partition coefficient (Wildman–Crippen LogP) is 2.13. The van der Waals surface area contributed by atoms with Gasteiger partial charge in [0.1, 0.15) is 21.9 Å². The van der Waals surface area contributed by atoms with Crippen molar-refractivity contribution in [2.24, 2.45) is 0 Å². The Hall–Kier alpha value is -3.20. The van der Waals surface area contributed by atoms with Crippen molar-refractivity contribution in [1.29, 1.82) is 0 Å². The number of sulfonamides is 1. The molecule has 1 fully saturated rings. The van der Waals surface area contributed by atoms with Gasteiger partial charge in [-0.05, 0) is 19.9 Å². The number of benzene rings is 1. The molecule has 33 heavy (non-hydrogen) atoms. The summed E-state index contributed by atoms with van der Waals surface area (Å²) in [7, 11) is -3.89. The number of hydrogen-bond acceptors (Lipinski definition) is 8. The number of carbonyl (C=O) groups excluding carboxylic acids is 1. The molecule has 3 rings (SSSR count). The Balaban J connectivity index is 1.64. The van der Waals surface area contributed by atoms with Crippen LogP contribution in [0.5, 0.6) is 5.75 Å². The van der Waals surface area contributed by atoms with Crippen LogP contribution in [-0.4, -0.2) is 66.4 Å². The third-order valence-electron chi connectivity index (χ3n) is 4.99. The molecule has 0 radical (unpaired) electrons. The Morgan fingerprint density at radius 3 is 2.39 bits per heavy atom. The van der Waals surface area contributed by atoms with Crippen LogP contribution in [0.25, 0.3) is 0 Å². The Morgan fingerprint density at radius 1 is 1.24 bits per heavy atom. The molecule has 0 saturated carbocycles. The number of aryl methyl sites for hydroxylation is 2. The standard InChI is InChI=1S/C18H19F3N4O7S/c1-11-17(12(2)32-22-11)33(29,30)24-7-5-23(6-8-24)16(26)10-31-15-4-3-13(25(27)28)9-14(15)18(19,20)21/h3-4,9H,5-8,10H2,1-2H3. The van der Waals surface area contributed by atoms with Crippen molar-refractivity contribution in [3.05, 3.63) is 45.3 Å². The van der Waals surface area contributed by atoms with Gasteiger partial charge in [-0.1, -0.05) is 5.16 Å². The second-order valence-electron chi connectivity index (χ2n) is 7.16. The summed E-state index contributed by atoms with van der Waals surface area (Å²) in [6.45, 7) is 2.13. The highest BCUT2D eigenvalue weighted by molar-refractivity contribution is 7.89. The van der Waals surface area contributed by atoms with E-state index in [1.807, 2.05) is 0 Å². The minimum absolute atomic E-state index is 0.00279. The molecule has 1 saturated heterocycles. The molecule has 0 unspecified atom stereocenters. The van der Waals surface area contributed by atoms with Gasteiger partial charge in [-0.15, -0.1) is 0 Å². The lowest BCUT2D eigenvalue weighted by Gasteiger charge is -2.33. The predicted molar refractivity (Wildman–Crippen MR) is 105 cm³/mol. The third-order valence-corrected chi connectivity index (χ3v) is 7.13. The molecule has 0 bridgehead atoms. The van der Waals surface area contributed by atoms with Gasteiger partial charge < -0.3 is 14.2 Å². The molecule has 1 aromatic carbocycles. The first-order chi connectivity index (χ1) is 15.3. The van der Waals surface area contributed by atoms with E-state index in [4.69, 9.17) is 9.26 Å². The number of hydrogen-bond donors (Lipinski definition) is 0. The number of aromatic nitrogens is 1. The number of nitro benzene ring substituents is 1. The summed E-state index contributed by atoms with van der Waals surface area (Å²) in [5.74, 6) is -1.24. The second-order valence-corrected chi connectivity index (χ2v) is 9.04. The van der Waals surface area contributed by atoms with Gasteiger partial charge >= 0.3 is 6.18 Å². The third kappa shape index (κ3) is 5.08. The molecule has 11 nitrogen and oxygen atoms in total. The zero-order chi connectivity index (χ0) is 24.6. The van der Waals surface area contributed by atoms with Crippen LogP contribution in [0.3, 0.4) is 0 Å². The number of ether oxygens (including phenoxy) is 1. The molecule has 1 aliphatic rings. The normalized spacial score (nSPS) is 15.5. The lowest BCUT2D eigenvalue weighted by molar-refractivity contribution is -0.385. The molecule has 2 aromatic rings. The molecule has 0 N–H and O–H groups in total. The van der Waals surface area contributed by atoms with Crippen LogP contribution in [0, 0.1) is 24.0 Å². The Bertz CT molecular complexity index is 1150. The quantitative estimate of drug-likeness (QED) is 0.442. The van der Waals surface area contributed by atoms with E-state index in [9.17, 15) is 36.5 Å². The van der Waals surface area contributed by atoms with Crippen molar-refractivity contribution in [3.63, 3.8) is 0 Å². The number of rotatable bonds is 6. The fraction of sp³-hybridized carbons (Fsp3) is 0.444. The number of nitro groups is 1. The average Bonchev–Trinajstić information content (AvgIpc) is 3.09. The molecular formula is C18H19F3N4O7S. The van der Waals surface area contributed by atoms with Gasteiger partial charge in [0.05, 0.1) is 4.92 Å². The Kier molecular flexibility index (Phi) is 6.65. The Labute approximate surface area is 185 Å². The first-order valence-electron chi connectivity index (χ1n) is 9.51. The minimum atomic E-state index is -4.93. The molecule has 180 valence electrons.